The molecule has 0 N–H and O–H groups in total. The van der Waals surface area contributed by atoms with E-state index in [0.29, 0.717) is 5.56 Å². The van der Waals surface area contributed by atoms with Crippen molar-refractivity contribution in [2.75, 3.05) is 14.1 Å². The van der Waals surface area contributed by atoms with E-state index in [0.717, 1.165) is 12.8 Å². The van der Waals surface area contributed by atoms with Gasteiger partial charge in [0.2, 0.25) is 10.0 Å². The predicted octanol–water partition coefficient (Wildman–Crippen LogP) is 3.51. The smallest absolute Gasteiger partial charge is 0.253 e. The second-order valence-corrected chi connectivity index (χ2v) is 9.20. The highest BCUT2D eigenvalue weighted by Gasteiger charge is 2.25. The van der Waals surface area contributed by atoms with Crippen molar-refractivity contribution < 1.29 is 13.2 Å². The van der Waals surface area contributed by atoms with E-state index in [2.05, 4.69) is 0 Å². The lowest BCUT2D eigenvalue weighted by Gasteiger charge is -2.27. The van der Waals surface area contributed by atoms with E-state index in [1.807, 2.05) is 25.8 Å². The Labute approximate surface area is 152 Å². The van der Waals surface area contributed by atoms with E-state index in [4.69, 9.17) is 0 Å². The largest absolute Gasteiger partial charge is 0.339 e. The molecule has 0 aromatic heterocycles. The zero-order chi connectivity index (χ0) is 18.6. The fraction of sp³-hybridized carbons (Fsp3) is 0.632. The molecular weight excluding hydrogens is 336 g/mol. The van der Waals surface area contributed by atoms with Crippen LogP contribution in [0.3, 0.4) is 0 Å². The monoisotopic (exact) mass is 366 g/mol. The summed E-state index contributed by atoms with van der Waals surface area (Å²) in [6.45, 7) is 3.66. The summed E-state index contributed by atoms with van der Waals surface area (Å²) < 4.78 is 26.3. The van der Waals surface area contributed by atoms with Gasteiger partial charge in [0.05, 0.1) is 4.90 Å². The van der Waals surface area contributed by atoms with Crippen LogP contribution in [0.4, 0.5) is 0 Å². The van der Waals surface area contributed by atoms with Crippen LogP contribution in [0.5, 0.6) is 0 Å². The second-order valence-electron chi connectivity index (χ2n) is 7.20. The van der Waals surface area contributed by atoms with Crippen LogP contribution >= 0.6 is 0 Å². The van der Waals surface area contributed by atoms with E-state index in [9.17, 15) is 13.2 Å². The van der Waals surface area contributed by atoms with Crippen LogP contribution in [0.15, 0.2) is 29.2 Å². The van der Waals surface area contributed by atoms with Gasteiger partial charge in [-0.25, -0.2) is 8.42 Å². The molecule has 0 radical (unpaired) electrons. The van der Waals surface area contributed by atoms with Crippen molar-refractivity contribution in [2.24, 2.45) is 0 Å². The van der Waals surface area contributed by atoms with Crippen LogP contribution in [0.2, 0.25) is 0 Å². The maximum atomic E-state index is 12.7. The summed E-state index contributed by atoms with van der Waals surface area (Å²) in [7, 11) is -0.0928. The van der Waals surface area contributed by atoms with Crippen molar-refractivity contribution >= 4 is 15.9 Å². The molecule has 2 rings (SSSR count). The van der Waals surface area contributed by atoms with E-state index < -0.39 is 10.0 Å². The van der Waals surface area contributed by atoms with Gasteiger partial charge in [-0.15, -0.1) is 0 Å². The first-order valence-electron chi connectivity index (χ1n) is 9.10. The van der Waals surface area contributed by atoms with E-state index in [1.54, 1.807) is 19.2 Å². The van der Waals surface area contributed by atoms with Crippen molar-refractivity contribution in [3.8, 4) is 0 Å². The number of amides is 1. The van der Waals surface area contributed by atoms with E-state index in [1.165, 1.54) is 42.1 Å². The molecule has 25 heavy (non-hydrogen) atoms. The number of sulfonamides is 1. The van der Waals surface area contributed by atoms with Gasteiger partial charge in [-0.2, -0.15) is 4.31 Å². The minimum absolute atomic E-state index is 0.0342. The summed E-state index contributed by atoms with van der Waals surface area (Å²) in [5.74, 6) is -0.0342. The van der Waals surface area contributed by atoms with Crippen LogP contribution in [-0.2, 0) is 10.0 Å². The first-order chi connectivity index (χ1) is 11.7. The van der Waals surface area contributed by atoms with Gasteiger partial charge in [0.1, 0.15) is 0 Å². The fourth-order valence-corrected chi connectivity index (χ4v) is 4.60. The lowest BCUT2D eigenvalue weighted by molar-refractivity contribution is 0.0717. The quantitative estimate of drug-likeness (QED) is 0.749. The average Bonchev–Trinajstić information content (AvgIpc) is 2.89. The summed E-state index contributed by atoms with van der Waals surface area (Å²) in [5, 5.41) is 0. The van der Waals surface area contributed by atoms with Gasteiger partial charge in [-0.3, -0.25) is 4.79 Å². The Morgan fingerprint density at radius 2 is 1.52 bits per heavy atom. The summed E-state index contributed by atoms with van der Waals surface area (Å²) in [6, 6.07) is 6.47. The van der Waals surface area contributed by atoms with Crippen molar-refractivity contribution in [1.82, 2.24) is 9.21 Å². The number of hydrogen-bond acceptors (Lipinski definition) is 3. The summed E-state index contributed by atoms with van der Waals surface area (Å²) in [5.41, 5.74) is 0.540. The third-order valence-corrected chi connectivity index (χ3v) is 7.25. The number of benzene rings is 1. The van der Waals surface area contributed by atoms with Crippen molar-refractivity contribution in [3.63, 3.8) is 0 Å². The maximum absolute atomic E-state index is 12.7. The normalized spacial score (nSPS) is 16.9. The Bertz CT molecular complexity index is 675. The summed E-state index contributed by atoms with van der Waals surface area (Å²) in [4.78, 5) is 14.8. The number of carbonyl (C=O) groups is 1. The molecule has 0 atom stereocenters. The van der Waals surface area contributed by atoms with Crippen LogP contribution in [0.25, 0.3) is 0 Å². The van der Waals surface area contributed by atoms with Crippen LogP contribution in [0.1, 0.15) is 62.7 Å². The SMILES string of the molecule is CC(C)N(C)S(=O)(=O)c1ccc(C(=O)N(C)C2CCCCCC2)cc1. The molecule has 1 fully saturated rings. The van der Waals surface area contributed by atoms with E-state index >= 15 is 0 Å². The number of nitrogens with zero attached hydrogens (tertiary/aromatic N) is 2. The highest BCUT2D eigenvalue weighted by atomic mass is 32.2. The minimum Gasteiger partial charge on any atom is -0.339 e. The topological polar surface area (TPSA) is 57.7 Å². The van der Waals surface area contributed by atoms with Crippen molar-refractivity contribution in [1.29, 1.82) is 0 Å². The van der Waals surface area contributed by atoms with Gasteiger partial charge < -0.3 is 4.90 Å². The molecule has 1 aliphatic carbocycles. The molecular formula is C19H30N2O3S. The molecule has 1 saturated carbocycles. The molecule has 140 valence electrons. The Hall–Kier alpha value is -1.40. The van der Waals surface area contributed by atoms with Gasteiger partial charge in [0.25, 0.3) is 5.91 Å². The molecule has 6 heteroatoms. The van der Waals surface area contributed by atoms with Crippen LogP contribution in [0, 0.1) is 0 Å². The number of rotatable bonds is 5. The summed E-state index contributed by atoms with van der Waals surface area (Å²) >= 11 is 0. The standard InChI is InChI=1S/C19H30N2O3S/c1-15(2)21(4)25(23,24)18-13-11-16(12-14-18)19(22)20(3)17-9-7-5-6-8-10-17/h11-15,17H,5-10H2,1-4H3. The molecule has 0 spiro atoms. The zero-order valence-electron chi connectivity index (χ0n) is 15.7. The predicted molar refractivity (Wildman–Crippen MR) is 100 cm³/mol. The maximum Gasteiger partial charge on any atom is 0.253 e. The van der Waals surface area contributed by atoms with Gasteiger partial charge in [-0.1, -0.05) is 25.7 Å². The molecule has 0 heterocycles. The first-order valence-corrected chi connectivity index (χ1v) is 10.5. The van der Waals surface area contributed by atoms with Crippen LogP contribution in [-0.4, -0.2) is 49.7 Å². The Balaban J connectivity index is 2.14. The number of hydrogen-bond donors (Lipinski definition) is 0. The molecule has 1 aromatic carbocycles. The fourth-order valence-electron chi connectivity index (χ4n) is 3.23. The van der Waals surface area contributed by atoms with Gasteiger partial charge >= 0.3 is 0 Å². The zero-order valence-corrected chi connectivity index (χ0v) is 16.6. The highest BCUT2D eigenvalue weighted by Crippen LogP contribution is 2.23. The van der Waals surface area contributed by atoms with Crippen molar-refractivity contribution in [2.45, 2.75) is 69.4 Å². The Kier molecular flexibility index (Phi) is 6.63. The van der Waals surface area contributed by atoms with Crippen LogP contribution < -0.4 is 0 Å². The molecule has 0 aliphatic heterocycles. The third-order valence-electron chi connectivity index (χ3n) is 5.20. The molecule has 1 amide bonds. The highest BCUT2D eigenvalue weighted by molar-refractivity contribution is 7.89. The summed E-state index contributed by atoms with van der Waals surface area (Å²) in [6.07, 6.45) is 6.92. The molecule has 0 saturated heterocycles. The lowest BCUT2D eigenvalue weighted by atomic mass is 10.1. The Morgan fingerprint density at radius 3 is 2.00 bits per heavy atom. The van der Waals surface area contributed by atoms with Gasteiger partial charge in [0, 0.05) is 31.7 Å². The minimum atomic E-state index is -3.52. The van der Waals surface area contributed by atoms with E-state index in [-0.39, 0.29) is 22.9 Å². The molecule has 1 aliphatic rings. The third kappa shape index (κ3) is 4.61. The second kappa shape index (κ2) is 8.32. The Morgan fingerprint density at radius 1 is 1.00 bits per heavy atom. The van der Waals surface area contributed by atoms with Gasteiger partial charge in [0.15, 0.2) is 0 Å². The molecule has 0 unspecified atom stereocenters. The van der Waals surface area contributed by atoms with Crippen molar-refractivity contribution in [3.05, 3.63) is 29.8 Å². The first kappa shape index (κ1) is 19.9. The number of carbonyl (C=O) groups excluding carboxylic acids is 1. The van der Waals surface area contributed by atoms with Gasteiger partial charge in [-0.05, 0) is 51.0 Å². The molecule has 5 nitrogen and oxygen atoms in total. The lowest BCUT2D eigenvalue weighted by Crippen LogP contribution is -2.36. The molecule has 0 bridgehead atoms. The average molecular weight is 367 g/mol. The molecule has 1 aromatic rings.